The zero-order valence-corrected chi connectivity index (χ0v) is 23.2. The molecule has 0 saturated carbocycles. The van der Waals surface area contributed by atoms with E-state index in [1.807, 2.05) is 4.90 Å². The van der Waals surface area contributed by atoms with Gasteiger partial charge in [-0.25, -0.2) is 4.79 Å². The van der Waals surface area contributed by atoms with E-state index in [1.54, 1.807) is 0 Å². The Labute approximate surface area is 229 Å². The van der Waals surface area contributed by atoms with Crippen molar-refractivity contribution in [2.45, 2.75) is 115 Å². The molecule has 2 aromatic carbocycles. The lowest BCUT2D eigenvalue weighted by molar-refractivity contribution is -0.125. The SMILES string of the molecule is CCCCCCCCCCCC(=O)C1CC2CCC(C1)N2C(=O)OCC1c2ccccc2-c2ccccc21. The molecule has 0 spiro atoms. The smallest absolute Gasteiger partial charge is 0.410 e. The molecule has 38 heavy (non-hydrogen) atoms. The number of hydrogen-bond donors (Lipinski definition) is 0. The van der Waals surface area contributed by atoms with Gasteiger partial charge in [0.05, 0.1) is 0 Å². The van der Waals surface area contributed by atoms with Crippen LogP contribution in [0.2, 0.25) is 0 Å². The topological polar surface area (TPSA) is 46.6 Å². The molecule has 3 aliphatic rings. The molecule has 2 aromatic rings. The van der Waals surface area contributed by atoms with Crippen LogP contribution in [0.15, 0.2) is 48.5 Å². The lowest BCUT2D eigenvalue weighted by Crippen LogP contribution is -2.48. The highest BCUT2D eigenvalue weighted by Crippen LogP contribution is 2.45. The average molecular weight is 516 g/mol. The number of amides is 1. The second-order valence-electron chi connectivity index (χ2n) is 11.8. The first kappa shape index (κ1) is 27.0. The molecule has 204 valence electrons. The Bertz CT molecular complexity index is 1040. The summed E-state index contributed by atoms with van der Waals surface area (Å²) in [6.07, 6.45) is 15.6. The van der Waals surface area contributed by atoms with Gasteiger partial charge in [-0.2, -0.15) is 0 Å². The summed E-state index contributed by atoms with van der Waals surface area (Å²) in [5, 5.41) is 0. The first-order chi connectivity index (χ1) is 18.7. The first-order valence-corrected chi connectivity index (χ1v) is 15.3. The minimum absolute atomic E-state index is 0.0828. The third-order valence-corrected chi connectivity index (χ3v) is 9.26. The Morgan fingerprint density at radius 3 is 1.87 bits per heavy atom. The quantitative estimate of drug-likeness (QED) is 0.251. The highest BCUT2D eigenvalue weighted by atomic mass is 16.6. The van der Waals surface area contributed by atoms with Crippen LogP contribution in [0.4, 0.5) is 4.79 Å². The maximum Gasteiger partial charge on any atom is 0.410 e. The van der Waals surface area contributed by atoms with Crippen molar-refractivity contribution in [3.05, 3.63) is 59.7 Å². The standard InChI is InChI=1S/C34H45NO3/c1-2-3-4-5-6-7-8-9-10-19-33(36)25-22-26-20-21-27(23-25)35(26)34(37)38-24-32-30-17-13-11-15-28(30)29-16-12-14-18-31(29)32/h11-18,25-27,32H,2-10,19-24H2,1H3. The number of piperidine rings is 1. The molecule has 2 aliphatic heterocycles. The Morgan fingerprint density at radius 2 is 1.29 bits per heavy atom. The van der Waals surface area contributed by atoms with Crippen molar-refractivity contribution < 1.29 is 14.3 Å². The molecule has 5 rings (SSSR count). The third kappa shape index (κ3) is 6.00. The summed E-state index contributed by atoms with van der Waals surface area (Å²) in [5.41, 5.74) is 4.97. The van der Waals surface area contributed by atoms with Crippen molar-refractivity contribution in [1.82, 2.24) is 4.90 Å². The Balaban J connectivity index is 1.07. The van der Waals surface area contributed by atoms with Crippen molar-refractivity contribution in [2.75, 3.05) is 6.61 Å². The normalized spacial score (nSPS) is 21.8. The third-order valence-electron chi connectivity index (χ3n) is 9.26. The van der Waals surface area contributed by atoms with Crippen molar-refractivity contribution >= 4 is 11.9 Å². The fourth-order valence-corrected chi connectivity index (χ4v) is 7.22. The number of carbonyl (C=O) groups excluding carboxylic acids is 2. The van der Waals surface area contributed by atoms with Gasteiger partial charge in [-0.3, -0.25) is 4.79 Å². The zero-order valence-electron chi connectivity index (χ0n) is 23.2. The van der Waals surface area contributed by atoms with Gasteiger partial charge < -0.3 is 9.64 Å². The van der Waals surface area contributed by atoms with Crippen molar-refractivity contribution in [2.24, 2.45) is 5.92 Å². The number of ether oxygens (including phenoxy) is 1. The molecule has 2 heterocycles. The van der Waals surface area contributed by atoms with E-state index in [1.165, 1.54) is 73.6 Å². The zero-order chi connectivity index (χ0) is 26.3. The van der Waals surface area contributed by atoms with Crippen molar-refractivity contribution in [3.63, 3.8) is 0 Å². The lowest BCUT2D eigenvalue weighted by Gasteiger charge is -2.37. The largest absolute Gasteiger partial charge is 0.448 e. The number of hydrogen-bond acceptors (Lipinski definition) is 3. The summed E-state index contributed by atoms with van der Waals surface area (Å²) in [5.74, 6) is 0.635. The molecule has 4 nitrogen and oxygen atoms in total. The van der Waals surface area contributed by atoms with Crippen LogP contribution in [-0.4, -0.2) is 35.5 Å². The van der Waals surface area contributed by atoms with Crippen LogP contribution in [0.25, 0.3) is 11.1 Å². The molecule has 2 bridgehead atoms. The van der Waals surface area contributed by atoms with Crippen LogP contribution in [0.3, 0.4) is 0 Å². The molecule has 0 radical (unpaired) electrons. The van der Waals surface area contributed by atoms with Gasteiger partial charge in [-0.1, -0.05) is 107 Å². The van der Waals surface area contributed by atoms with Gasteiger partial charge >= 0.3 is 6.09 Å². The summed E-state index contributed by atoms with van der Waals surface area (Å²) in [4.78, 5) is 28.3. The molecule has 2 saturated heterocycles. The number of fused-ring (bicyclic) bond motifs is 5. The molecule has 1 amide bonds. The van der Waals surface area contributed by atoms with Gasteiger partial charge in [0.2, 0.25) is 0 Å². The summed E-state index contributed by atoms with van der Waals surface area (Å²) in [6.45, 7) is 2.62. The summed E-state index contributed by atoms with van der Waals surface area (Å²) >= 11 is 0. The lowest BCUT2D eigenvalue weighted by atomic mass is 9.85. The van der Waals surface area contributed by atoms with E-state index in [2.05, 4.69) is 55.5 Å². The number of Topliss-reactive ketones (excluding diaryl/α,β-unsaturated/α-hetero) is 1. The van der Waals surface area contributed by atoms with Crippen molar-refractivity contribution in [3.8, 4) is 11.1 Å². The molecule has 2 atom stereocenters. The second kappa shape index (κ2) is 13.0. The highest BCUT2D eigenvalue weighted by Gasteiger charge is 2.45. The van der Waals surface area contributed by atoms with Crippen LogP contribution in [0.5, 0.6) is 0 Å². The number of rotatable bonds is 13. The van der Waals surface area contributed by atoms with Gasteiger partial charge in [0.25, 0.3) is 0 Å². The van der Waals surface area contributed by atoms with E-state index in [9.17, 15) is 9.59 Å². The van der Waals surface area contributed by atoms with E-state index < -0.39 is 0 Å². The predicted octanol–water partition coefficient (Wildman–Crippen LogP) is 8.67. The van der Waals surface area contributed by atoms with E-state index in [0.29, 0.717) is 18.8 Å². The first-order valence-electron chi connectivity index (χ1n) is 15.3. The van der Waals surface area contributed by atoms with Gasteiger partial charge in [-0.05, 0) is 54.4 Å². The number of nitrogens with zero attached hydrogens (tertiary/aromatic N) is 1. The maximum absolute atomic E-state index is 13.3. The molecule has 4 heteroatoms. The van der Waals surface area contributed by atoms with Crippen molar-refractivity contribution in [1.29, 1.82) is 0 Å². The summed E-state index contributed by atoms with van der Waals surface area (Å²) < 4.78 is 5.99. The van der Waals surface area contributed by atoms with Crippen LogP contribution in [0, 0.1) is 5.92 Å². The van der Waals surface area contributed by atoms with Crippen LogP contribution < -0.4 is 0 Å². The predicted molar refractivity (Wildman–Crippen MR) is 153 cm³/mol. The van der Waals surface area contributed by atoms with Crippen LogP contribution in [-0.2, 0) is 9.53 Å². The number of ketones is 1. The number of benzene rings is 2. The van der Waals surface area contributed by atoms with E-state index in [4.69, 9.17) is 4.74 Å². The molecule has 0 aromatic heterocycles. The fraction of sp³-hybridized carbons (Fsp3) is 0.588. The Kier molecular flexibility index (Phi) is 9.19. The summed E-state index contributed by atoms with van der Waals surface area (Å²) in [7, 11) is 0. The van der Waals surface area contributed by atoms with E-state index in [0.717, 1.165) is 32.1 Å². The number of carbonyl (C=O) groups is 2. The van der Waals surface area contributed by atoms with Crippen LogP contribution >= 0.6 is 0 Å². The van der Waals surface area contributed by atoms with Gasteiger partial charge in [0.1, 0.15) is 12.4 Å². The maximum atomic E-state index is 13.3. The molecular formula is C34H45NO3. The number of unbranched alkanes of at least 4 members (excludes halogenated alkanes) is 8. The Morgan fingerprint density at radius 1 is 0.763 bits per heavy atom. The average Bonchev–Trinajstić information content (AvgIpc) is 3.41. The van der Waals surface area contributed by atoms with Gasteiger partial charge in [-0.15, -0.1) is 0 Å². The minimum atomic E-state index is -0.191. The second-order valence-corrected chi connectivity index (χ2v) is 11.8. The Hall–Kier alpha value is -2.62. The monoisotopic (exact) mass is 515 g/mol. The van der Waals surface area contributed by atoms with Gasteiger partial charge in [0.15, 0.2) is 0 Å². The minimum Gasteiger partial charge on any atom is -0.448 e. The molecule has 2 fully saturated rings. The highest BCUT2D eigenvalue weighted by molar-refractivity contribution is 5.82. The van der Waals surface area contributed by atoms with E-state index in [-0.39, 0.29) is 30.0 Å². The molecule has 0 N–H and O–H groups in total. The van der Waals surface area contributed by atoms with E-state index >= 15 is 0 Å². The fourth-order valence-electron chi connectivity index (χ4n) is 7.22. The molecule has 1 aliphatic carbocycles. The van der Waals surface area contributed by atoms with Gasteiger partial charge in [0, 0.05) is 30.3 Å². The molecular weight excluding hydrogens is 470 g/mol. The molecule has 2 unspecified atom stereocenters. The van der Waals surface area contributed by atoms with Crippen LogP contribution in [0.1, 0.15) is 114 Å². The summed E-state index contributed by atoms with van der Waals surface area (Å²) in [6, 6.07) is 17.2.